The van der Waals surface area contributed by atoms with E-state index in [2.05, 4.69) is 10.5 Å². The van der Waals surface area contributed by atoms with E-state index in [-0.39, 0.29) is 15.6 Å². The standard InChI is InChI=1S/C21H16Cl3N3O3S/c22-17-10-6-11-18(23)16(17)13-25-26-21(28)14-27(20-12-5-4-9-19(20)24)31(29,30)15-7-2-1-3-8-15/h1-13H,14H2,(H,26,28)/b25-13-. The van der Waals surface area contributed by atoms with Gasteiger partial charge in [0.05, 0.1) is 31.9 Å². The average Bonchev–Trinajstić information content (AvgIpc) is 2.75. The summed E-state index contributed by atoms with van der Waals surface area (Å²) in [6, 6.07) is 19.0. The summed E-state index contributed by atoms with van der Waals surface area (Å²) in [6.07, 6.45) is 1.29. The Morgan fingerprint density at radius 2 is 1.45 bits per heavy atom. The lowest BCUT2D eigenvalue weighted by atomic mass is 10.2. The van der Waals surface area contributed by atoms with Crippen molar-refractivity contribution in [2.24, 2.45) is 5.10 Å². The molecule has 0 fully saturated rings. The van der Waals surface area contributed by atoms with Crippen LogP contribution in [-0.2, 0) is 14.8 Å². The maximum atomic E-state index is 13.2. The van der Waals surface area contributed by atoms with Crippen LogP contribution in [0.1, 0.15) is 5.56 Å². The van der Waals surface area contributed by atoms with Crippen LogP contribution in [0, 0.1) is 0 Å². The summed E-state index contributed by atoms with van der Waals surface area (Å²) in [6.45, 7) is -0.547. The Bertz CT molecular complexity index is 1200. The van der Waals surface area contributed by atoms with Gasteiger partial charge in [-0.05, 0) is 36.4 Å². The third-order valence-corrected chi connectivity index (χ3v) is 6.87. The predicted molar refractivity (Wildman–Crippen MR) is 125 cm³/mol. The van der Waals surface area contributed by atoms with Crippen molar-refractivity contribution in [3.63, 3.8) is 0 Å². The minimum atomic E-state index is -4.07. The van der Waals surface area contributed by atoms with Gasteiger partial charge >= 0.3 is 0 Å². The van der Waals surface area contributed by atoms with Crippen molar-refractivity contribution in [2.75, 3.05) is 10.8 Å². The summed E-state index contributed by atoms with van der Waals surface area (Å²) in [5.74, 6) is -0.682. The maximum absolute atomic E-state index is 13.2. The van der Waals surface area contributed by atoms with Crippen LogP contribution < -0.4 is 9.73 Å². The van der Waals surface area contributed by atoms with Crippen LogP contribution in [0.25, 0.3) is 0 Å². The van der Waals surface area contributed by atoms with E-state index in [1.807, 2.05) is 0 Å². The first-order valence-corrected chi connectivity index (χ1v) is 11.5. The molecule has 31 heavy (non-hydrogen) atoms. The molecule has 0 radical (unpaired) electrons. The van der Waals surface area contributed by atoms with Gasteiger partial charge in [0.15, 0.2) is 0 Å². The second kappa shape index (κ2) is 10.2. The second-order valence-corrected chi connectivity index (χ2v) is 9.29. The Morgan fingerprint density at radius 1 is 0.871 bits per heavy atom. The number of rotatable bonds is 7. The van der Waals surface area contributed by atoms with Crippen molar-refractivity contribution in [3.05, 3.63) is 93.4 Å². The highest BCUT2D eigenvalue weighted by molar-refractivity contribution is 7.92. The van der Waals surface area contributed by atoms with Gasteiger partial charge in [-0.2, -0.15) is 5.10 Å². The zero-order valence-corrected chi connectivity index (χ0v) is 19.0. The fourth-order valence-corrected chi connectivity index (χ4v) is 4.89. The average molecular weight is 497 g/mol. The van der Waals surface area contributed by atoms with Gasteiger partial charge in [-0.25, -0.2) is 13.8 Å². The van der Waals surface area contributed by atoms with E-state index in [4.69, 9.17) is 34.8 Å². The summed E-state index contributed by atoms with van der Waals surface area (Å²) in [5.41, 5.74) is 2.88. The lowest BCUT2D eigenvalue weighted by Gasteiger charge is -2.24. The molecule has 3 aromatic carbocycles. The largest absolute Gasteiger partial charge is 0.271 e. The van der Waals surface area contributed by atoms with Gasteiger partial charge in [0, 0.05) is 5.56 Å². The number of hydrogen-bond acceptors (Lipinski definition) is 4. The van der Waals surface area contributed by atoms with E-state index < -0.39 is 22.5 Å². The van der Waals surface area contributed by atoms with E-state index in [1.54, 1.807) is 54.6 Å². The lowest BCUT2D eigenvalue weighted by Crippen LogP contribution is -2.39. The topological polar surface area (TPSA) is 78.8 Å². The lowest BCUT2D eigenvalue weighted by molar-refractivity contribution is -0.119. The summed E-state index contributed by atoms with van der Waals surface area (Å²) >= 11 is 18.3. The minimum absolute atomic E-state index is 0.0223. The Labute approximate surface area is 195 Å². The van der Waals surface area contributed by atoms with Gasteiger partial charge in [-0.15, -0.1) is 0 Å². The molecule has 0 heterocycles. The fraction of sp³-hybridized carbons (Fsp3) is 0.0476. The molecule has 0 atom stereocenters. The molecule has 6 nitrogen and oxygen atoms in total. The fourth-order valence-electron chi connectivity index (χ4n) is 2.64. The van der Waals surface area contributed by atoms with E-state index in [0.717, 1.165) is 4.31 Å². The molecule has 0 aliphatic rings. The molecule has 0 unspecified atom stereocenters. The zero-order chi connectivity index (χ0) is 22.4. The van der Waals surface area contributed by atoms with Gasteiger partial charge in [0.25, 0.3) is 15.9 Å². The van der Waals surface area contributed by atoms with Crippen LogP contribution in [0.4, 0.5) is 5.69 Å². The number of hydrazone groups is 1. The smallest absolute Gasteiger partial charge is 0.264 e. The van der Waals surface area contributed by atoms with Crippen molar-refractivity contribution in [3.8, 4) is 0 Å². The normalized spacial score (nSPS) is 11.5. The van der Waals surface area contributed by atoms with E-state index >= 15 is 0 Å². The molecule has 0 spiro atoms. The number of carbonyl (C=O) groups excluding carboxylic acids is 1. The second-order valence-electron chi connectivity index (χ2n) is 6.20. The van der Waals surface area contributed by atoms with Crippen LogP contribution in [0.15, 0.2) is 82.8 Å². The van der Waals surface area contributed by atoms with Gasteiger partial charge < -0.3 is 0 Å². The van der Waals surface area contributed by atoms with Crippen LogP contribution in [0.2, 0.25) is 15.1 Å². The minimum Gasteiger partial charge on any atom is -0.271 e. The third kappa shape index (κ3) is 5.57. The van der Waals surface area contributed by atoms with Crippen LogP contribution in [-0.4, -0.2) is 27.1 Å². The Morgan fingerprint density at radius 3 is 2.10 bits per heavy atom. The highest BCUT2D eigenvalue weighted by Crippen LogP contribution is 2.30. The summed E-state index contributed by atoms with van der Waals surface area (Å²) in [7, 11) is -4.07. The number of para-hydroxylation sites is 1. The molecule has 0 aromatic heterocycles. The summed E-state index contributed by atoms with van der Waals surface area (Å²) in [5, 5.41) is 4.73. The zero-order valence-electron chi connectivity index (χ0n) is 15.9. The van der Waals surface area contributed by atoms with Gasteiger partial charge in [-0.1, -0.05) is 71.2 Å². The van der Waals surface area contributed by atoms with Crippen LogP contribution >= 0.6 is 34.8 Å². The molecule has 0 aliphatic heterocycles. The molecule has 0 aliphatic carbocycles. The highest BCUT2D eigenvalue weighted by Gasteiger charge is 2.28. The number of nitrogens with one attached hydrogen (secondary N) is 1. The highest BCUT2D eigenvalue weighted by atomic mass is 35.5. The molecule has 1 amide bonds. The van der Waals surface area contributed by atoms with Gasteiger partial charge in [0.2, 0.25) is 0 Å². The van der Waals surface area contributed by atoms with Crippen molar-refractivity contribution < 1.29 is 13.2 Å². The predicted octanol–water partition coefficient (Wildman–Crippen LogP) is 4.99. The third-order valence-electron chi connectivity index (χ3n) is 4.12. The molecule has 3 aromatic rings. The van der Waals surface area contributed by atoms with Crippen LogP contribution in [0.5, 0.6) is 0 Å². The van der Waals surface area contributed by atoms with E-state index in [0.29, 0.717) is 15.6 Å². The number of hydrogen-bond donors (Lipinski definition) is 1. The number of anilines is 1. The molecule has 1 N–H and O–H groups in total. The molecule has 0 saturated heterocycles. The number of nitrogens with zero attached hydrogens (tertiary/aromatic N) is 2. The molecule has 10 heteroatoms. The van der Waals surface area contributed by atoms with E-state index in [1.165, 1.54) is 24.4 Å². The Balaban J connectivity index is 1.86. The number of carbonyl (C=O) groups is 1. The van der Waals surface area contributed by atoms with Crippen LogP contribution in [0.3, 0.4) is 0 Å². The number of benzene rings is 3. The molecule has 3 rings (SSSR count). The first kappa shape index (κ1) is 23.1. The van der Waals surface area contributed by atoms with Crippen molar-refractivity contribution in [1.29, 1.82) is 0 Å². The van der Waals surface area contributed by atoms with Gasteiger partial charge in [0.1, 0.15) is 6.54 Å². The molecule has 0 saturated carbocycles. The SMILES string of the molecule is O=C(CN(c1ccccc1Cl)S(=O)(=O)c1ccccc1)N/N=C\c1c(Cl)cccc1Cl. The summed E-state index contributed by atoms with van der Waals surface area (Å²) < 4.78 is 27.4. The van der Waals surface area contributed by atoms with Crippen molar-refractivity contribution in [1.82, 2.24) is 5.43 Å². The molecule has 160 valence electrons. The Hall–Kier alpha value is -2.58. The molecule has 0 bridgehead atoms. The number of halogens is 3. The molecular formula is C21H16Cl3N3O3S. The van der Waals surface area contributed by atoms with Crippen molar-refractivity contribution in [2.45, 2.75) is 4.90 Å². The quantitative estimate of drug-likeness (QED) is 0.370. The Kier molecular flexibility index (Phi) is 7.56. The van der Waals surface area contributed by atoms with Gasteiger partial charge in [-0.3, -0.25) is 9.10 Å². The first-order valence-electron chi connectivity index (χ1n) is 8.89. The monoisotopic (exact) mass is 495 g/mol. The number of amides is 1. The van der Waals surface area contributed by atoms with E-state index in [9.17, 15) is 13.2 Å². The van der Waals surface area contributed by atoms with Crippen molar-refractivity contribution >= 4 is 62.6 Å². The maximum Gasteiger partial charge on any atom is 0.264 e. The molecular weight excluding hydrogens is 481 g/mol. The first-order chi connectivity index (χ1) is 14.8. The number of sulfonamides is 1. The summed E-state index contributed by atoms with van der Waals surface area (Å²) in [4.78, 5) is 12.6.